The van der Waals surface area contributed by atoms with Crippen LogP contribution in [0.2, 0.25) is 0 Å². The van der Waals surface area contributed by atoms with E-state index in [1.807, 2.05) is 32.4 Å². The van der Waals surface area contributed by atoms with Crippen LogP contribution in [0.5, 0.6) is 0 Å². The lowest BCUT2D eigenvalue weighted by atomic mass is 10.2. The number of nitrogens with one attached hydrogen (secondary N) is 1. The largest absolute Gasteiger partial charge is 0.378 e. The second-order valence-corrected chi connectivity index (χ2v) is 4.72. The van der Waals surface area contributed by atoms with Crippen molar-refractivity contribution in [2.45, 2.75) is 6.92 Å². The van der Waals surface area contributed by atoms with Crippen LogP contribution in [0.15, 0.2) is 53.6 Å². The molecule has 0 saturated carbocycles. The van der Waals surface area contributed by atoms with Gasteiger partial charge in [0.15, 0.2) is 0 Å². The Balaban J connectivity index is 1.97. The van der Waals surface area contributed by atoms with E-state index < -0.39 is 0 Å². The average Bonchev–Trinajstić information content (AvgIpc) is 2.41. The van der Waals surface area contributed by atoms with Gasteiger partial charge in [-0.15, -0.1) is 0 Å². The van der Waals surface area contributed by atoms with Gasteiger partial charge in [0.1, 0.15) is 0 Å². The van der Waals surface area contributed by atoms with Crippen LogP contribution in [0.4, 0.5) is 11.4 Å². The van der Waals surface area contributed by atoms with Gasteiger partial charge in [-0.2, -0.15) is 5.10 Å². The average molecular weight is 253 g/mol. The fourth-order valence-electron chi connectivity index (χ4n) is 1.67. The monoisotopic (exact) mass is 253 g/mol. The van der Waals surface area contributed by atoms with Gasteiger partial charge >= 0.3 is 0 Å². The van der Waals surface area contributed by atoms with Crippen LogP contribution in [0.3, 0.4) is 0 Å². The van der Waals surface area contributed by atoms with Crippen molar-refractivity contribution >= 4 is 17.6 Å². The first-order chi connectivity index (χ1) is 9.15. The molecule has 0 aliphatic heterocycles. The van der Waals surface area contributed by atoms with Gasteiger partial charge in [-0.25, -0.2) is 0 Å². The summed E-state index contributed by atoms with van der Waals surface area (Å²) in [6.07, 6.45) is 1.82. The standard InChI is InChI=1S/C16H19N3/c1-13-4-8-15(9-5-13)18-17-12-14-6-10-16(11-7-14)19(2)3/h4-12,18H,1-3H3/b17-12+. The lowest BCUT2D eigenvalue weighted by Gasteiger charge is -2.11. The summed E-state index contributed by atoms with van der Waals surface area (Å²) in [6.45, 7) is 2.07. The smallest absolute Gasteiger partial charge is 0.0561 e. The van der Waals surface area contributed by atoms with E-state index in [0.717, 1.165) is 11.3 Å². The predicted molar refractivity (Wildman–Crippen MR) is 83.2 cm³/mol. The van der Waals surface area contributed by atoms with E-state index in [1.165, 1.54) is 11.3 Å². The Kier molecular flexibility index (Phi) is 4.18. The fourth-order valence-corrected chi connectivity index (χ4v) is 1.67. The van der Waals surface area contributed by atoms with Crippen molar-refractivity contribution in [1.82, 2.24) is 0 Å². The fraction of sp³-hybridized carbons (Fsp3) is 0.188. The molecule has 0 amide bonds. The summed E-state index contributed by atoms with van der Waals surface area (Å²) >= 11 is 0. The minimum absolute atomic E-state index is 0.992. The van der Waals surface area contributed by atoms with Crippen molar-refractivity contribution in [3.8, 4) is 0 Å². The molecule has 0 unspecified atom stereocenters. The number of rotatable bonds is 4. The third-order valence-corrected chi connectivity index (χ3v) is 2.87. The highest BCUT2D eigenvalue weighted by atomic mass is 15.3. The molecule has 0 aliphatic rings. The number of hydrogen-bond acceptors (Lipinski definition) is 3. The highest BCUT2D eigenvalue weighted by Crippen LogP contribution is 2.11. The molecule has 1 N–H and O–H groups in total. The molecule has 0 spiro atoms. The Morgan fingerprint density at radius 1 is 0.947 bits per heavy atom. The van der Waals surface area contributed by atoms with Gasteiger partial charge in [0, 0.05) is 19.8 Å². The first-order valence-corrected chi connectivity index (χ1v) is 6.28. The van der Waals surface area contributed by atoms with E-state index in [1.54, 1.807) is 0 Å². The first kappa shape index (κ1) is 13.1. The van der Waals surface area contributed by atoms with E-state index in [-0.39, 0.29) is 0 Å². The van der Waals surface area contributed by atoms with Crippen LogP contribution >= 0.6 is 0 Å². The summed E-state index contributed by atoms with van der Waals surface area (Å²) in [4.78, 5) is 2.07. The number of hydrogen-bond donors (Lipinski definition) is 1. The van der Waals surface area contributed by atoms with Gasteiger partial charge in [-0.05, 0) is 36.8 Å². The lowest BCUT2D eigenvalue weighted by Crippen LogP contribution is -2.08. The molecular formula is C16H19N3. The third-order valence-electron chi connectivity index (χ3n) is 2.87. The molecule has 0 fully saturated rings. The molecule has 0 bridgehead atoms. The number of anilines is 2. The van der Waals surface area contributed by atoms with Crippen molar-refractivity contribution in [2.75, 3.05) is 24.4 Å². The number of aryl methyl sites for hydroxylation is 1. The summed E-state index contributed by atoms with van der Waals surface area (Å²) in [5, 5.41) is 4.23. The molecule has 0 aromatic heterocycles. The second kappa shape index (κ2) is 6.05. The van der Waals surface area contributed by atoms with Gasteiger partial charge in [-0.1, -0.05) is 29.8 Å². The third kappa shape index (κ3) is 3.85. The quantitative estimate of drug-likeness (QED) is 0.667. The molecule has 0 aliphatic carbocycles. The second-order valence-electron chi connectivity index (χ2n) is 4.72. The Labute approximate surface area is 114 Å². The minimum atomic E-state index is 0.992. The van der Waals surface area contributed by atoms with Crippen molar-refractivity contribution in [1.29, 1.82) is 0 Å². The first-order valence-electron chi connectivity index (χ1n) is 6.28. The highest BCUT2D eigenvalue weighted by Gasteiger charge is 1.94. The molecule has 0 saturated heterocycles. The molecule has 0 radical (unpaired) electrons. The molecule has 2 aromatic carbocycles. The number of benzene rings is 2. The Hall–Kier alpha value is -2.29. The minimum Gasteiger partial charge on any atom is -0.378 e. The maximum Gasteiger partial charge on any atom is 0.0561 e. The Bertz CT molecular complexity index is 539. The Morgan fingerprint density at radius 3 is 2.16 bits per heavy atom. The summed E-state index contributed by atoms with van der Waals surface area (Å²) in [7, 11) is 4.06. The lowest BCUT2D eigenvalue weighted by molar-refractivity contribution is 1.13. The zero-order valence-electron chi connectivity index (χ0n) is 11.6. The molecule has 2 rings (SSSR count). The van der Waals surface area contributed by atoms with Gasteiger partial charge in [0.25, 0.3) is 0 Å². The SMILES string of the molecule is Cc1ccc(N/N=C/c2ccc(N(C)C)cc2)cc1. The van der Waals surface area contributed by atoms with E-state index in [0.29, 0.717) is 0 Å². The van der Waals surface area contributed by atoms with Crippen LogP contribution < -0.4 is 10.3 Å². The highest BCUT2D eigenvalue weighted by molar-refractivity contribution is 5.80. The van der Waals surface area contributed by atoms with E-state index in [4.69, 9.17) is 0 Å². The van der Waals surface area contributed by atoms with Crippen LogP contribution in [-0.2, 0) is 0 Å². The van der Waals surface area contributed by atoms with Gasteiger partial charge in [-0.3, -0.25) is 5.43 Å². The molecule has 98 valence electrons. The summed E-state index contributed by atoms with van der Waals surface area (Å²) in [5.74, 6) is 0. The molecule has 3 heteroatoms. The van der Waals surface area contributed by atoms with E-state index in [9.17, 15) is 0 Å². The molecular weight excluding hydrogens is 234 g/mol. The van der Waals surface area contributed by atoms with Crippen LogP contribution in [0.1, 0.15) is 11.1 Å². The van der Waals surface area contributed by atoms with Gasteiger partial charge < -0.3 is 4.90 Å². The van der Waals surface area contributed by atoms with Crippen LogP contribution in [0.25, 0.3) is 0 Å². The molecule has 0 atom stereocenters. The van der Waals surface area contributed by atoms with Crippen molar-refractivity contribution in [3.63, 3.8) is 0 Å². The number of nitrogens with zero attached hydrogens (tertiary/aromatic N) is 2. The zero-order valence-corrected chi connectivity index (χ0v) is 11.6. The van der Waals surface area contributed by atoms with Crippen molar-refractivity contribution < 1.29 is 0 Å². The van der Waals surface area contributed by atoms with Crippen LogP contribution in [0, 0.1) is 6.92 Å². The number of hydrazone groups is 1. The van der Waals surface area contributed by atoms with Gasteiger partial charge in [0.2, 0.25) is 0 Å². The summed E-state index contributed by atoms with van der Waals surface area (Å²) < 4.78 is 0. The van der Waals surface area contributed by atoms with Crippen molar-refractivity contribution in [2.24, 2.45) is 5.10 Å². The summed E-state index contributed by atoms with van der Waals surface area (Å²) in [5.41, 5.74) is 7.51. The maximum atomic E-state index is 4.23. The van der Waals surface area contributed by atoms with Gasteiger partial charge in [0.05, 0.1) is 11.9 Å². The van der Waals surface area contributed by atoms with E-state index >= 15 is 0 Å². The predicted octanol–water partition coefficient (Wildman–Crippen LogP) is 3.51. The Morgan fingerprint density at radius 2 is 1.58 bits per heavy atom. The maximum absolute atomic E-state index is 4.23. The normalized spacial score (nSPS) is 10.7. The molecule has 3 nitrogen and oxygen atoms in total. The zero-order chi connectivity index (χ0) is 13.7. The topological polar surface area (TPSA) is 27.6 Å². The van der Waals surface area contributed by atoms with Crippen LogP contribution in [-0.4, -0.2) is 20.3 Å². The molecule has 19 heavy (non-hydrogen) atoms. The molecule has 0 heterocycles. The van der Waals surface area contributed by atoms with E-state index in [2.05, 4.69) is 58.7 Å². The summed E-state index contributed by atoms with van der Waals surface area (Å²) in [6, 6.07) is 16.4. The molecule has 2 aromatic rings. The van der Waals surface area contributed by atoms with Crippen molar-refractivity contribution in [3.05, 3.63) is 59.7 Å².